The number of hydrogen-bond donors (Lipinski definition) is 1. The summed E-state index contributed by atoms with van der Waals surface area (Å²) < 4.78 is 0. The number of benzene rings is 1. The van der Waals surface area contributed by atoms with Crippen molar-refractivity contribution in [2.24, 2.45) is 0 Å². The van der Waals surface area contributed by atoms with Crippen molar-refractivity contribution in [2.45, 2.75) is 13.5 Å². The topological polar surface area (TPSA) is 73.8 Å². The summed E-state index contributed by atoms with van der Waals surface area (Å²) in [7, 11) is 0. The van der Waals surface area contributed by atoms with Gasteiger partial charge in [0, 0.05) is 5.56 Å². The van der Waals surface area contributed by atoms with E-state index in [1.54, 1.807) is 13.0 Å². The van der Waals surface area contributed by atoms with E-state index in [0.29, 0.717) is 17.9 Å². The fraction of sp³-hybridized carbons (Fsp3) is 0.182. The minimum atomic E-state index is 0.0507. The molecule has 0 aliphatic heterocycles. The van der Waals surface area contributed by atoms with Crippen LogP contribution in [-0.2, 0) is 6.54 Å². The zero-order valence-electron chi connectivity index (χ0n) is 8.92. The number of rotatable bonds is 3. The molecule has 2 N–H and O–H groups in total. The summed E-state index contributed by atoms with van der Waals surface area (Å²) in [5.41, 5.74) is 7.13. The Balaban J connectivity index is 2.21. The smallest absolute Gasteiger partial charge is 0.165 e. The zero-order chi connectivity index (χ0) is 11.5. The second kappa shape index (κ2) is 4.14. The molecule has 0 bridgehead atoms. The van der Waals surface area contributed by atoms with E-state index in [0.717, 1.165) is 5.56 Å². The van der Waals surface area contributed by atoms with Gasteiger partial charge >= 0.3 is 0 Å². The molecule has 0 aliphatic carbocycles. The van der Waals surface area contributed by atoms with E-state index in [-0.39, 0.29) is 5.78 Å². The van der Waals surface area contributed by atoms with Gasteiger partial charge in [-0.2, -0.15) is 9.90 Å². The summed E-state index contributed by atoms with van der Waals surface area (Å²) in [4.78, 5) is 12.7. The fourth-order valence-electron chi connectivity index (χ4n) is 1.44. The molecular weight excluding hydrogens is 204 g/mol. The SMILES string of the molecule is CC(=O)c1cccc(Cn2ncc(N)n2)c1. The maximum Gasteiger partial charge on any atom is 0.165 e. The second-order valence-corrected chi connectivity index (χ2v) is 3.56. The number of anilines is 1. The molecule has 1 heterocycles. The maximum absolute atomic E-state index is 11.2. The Bertz CT molecular complexity index is 518. The van der Waals surface area contributed by atoms with E-state index >= 15 is 0 Å². The number of Topliss-reactive ketones (excluding diaryl/α,β-unsaturated/α-hetero) is 1. The lowest BCUT2D eigenvalue weighted by Gasteiger charge is -2.02. The standard InChI is InChI=1S/C11H12N4O/c1-8(16)10-4-2-3-9(5-10)7-15-13-6-11(12)14-15/h2-6H,7H2,1H3,(H2,12,14). The van der Waals surface area contributed by atoms with Crippen LogP contribution in [0.2, 0.25) is 0 Å². The Hall–Kier alpha value is -2.17. The monoisotopic (exact) mass is 216 g/mol. The van der Waals surface area contributed by atoms with Crippen molar-refractivity contribution in [2.75, 3.05) is 5.73 Å². The summed E-state index contributed by atoms with van der Waals surface area (Å²) in [5, 5.41) is 7.96. The first-order chi connectivity index (χ1) is 7.65. The summed E-state index contributed by atoms with van der Waals surface area (Å²) in [6, 6.07) is 7.39. The number of ketones is 1. The molecule has 2 rings (SSSR count). The molecule has 0 amide bonds. The highest BCUT2D eigenvalue weighted by Crippen LogP contribution is 2.07. The van der Waals surface area contributed by atoms with Crippen LogP contribution < -0.4 is 5.73 Å². The number of aromatic nitrogens is 3. The highest BCUT2D eigenvalue weighted by atomic mass is 16.1. The van der Waals surface area contributed by atoms with Crippen molar-refractivity contribution >= 4 is 11.6 Å². The Labute approximate surface area is 92.9 Å². The summed E-state index contributed by atoms with van der Waals surface area (Å²) in [6.45, 7) is 2.06. The van der Waals surface area contributed by atoms with Crippen LogP contribution in [-0.4, -0.2) is 20.8 Å². The zero-order valence-corrected chi connectivity index (χ0v) is 8.92. The molecule has 0 unspecified atom stereocenters. The molecule has 1 aromatic carbocycles. The molecule has 1 aromatic heterocycles. The third-order valence-corrected chi connectivity index (χ3v) is 2.21. The Morgan fingerprint density at radius 2 is 2.31 bits per heavy atom. The second-order valence-electron chi connectivity index (χ2n) is 3.56. The van der Waals surface area contributed by atoms with Gasteiger partial charge < -0.3 is 5.73 Å². The van der Waals surface area contributed by atoms with E-state index in [2.05, 4.69) is 10.2 Å². The number of carbonyl (C=O) groups is 1. The average Bonchev–Trinajstić information content (AvgIpc) is 2.64. The van der Waals surface area contributed by atoms with Gasteiger partial charge in [0.05, 0.1) is 12.7 Å². The molecule has 0 fully saturated rings. The van der Waals surface area contributed by atoms with Crippen LogP contribution in [0.1, 0.15) is 22.8 Å². The molecule has 0 saturated carbocycles. The van der Waals surface area contributed by atoms with Crippen LogP contribution in [0, 0.1) is 0 Å². The molecule has 5 heteroatoms. The van der Waals surface area contributed by atoms with Crippen LogP contribution in [0.15, 0.2) is 30.5 Å². The maximum atomic E-state index is 11.2. The highest BCUT2D eigenvalue weighted by molar-refractivity contribution is 5.94. The van der Waals surface area contributed by atoms with Gasteiger partial charge in [-0.05, 0) is 18.6 Å². The van der Waals surface area contributed by atoms with Gasteiger partial charge in [-0.1, -0.05) is 18.2 Å². The van der Waals surface area contributed by atoms with E-state index in [1.807, 2.05) is 18.2 Å². The summed E-state index contributed by atoms with van der Waals surface area (Å²) >= 11 is 0. The van der Waals surface area contributed by atoms with Crippen LogP contribution >= 0.6 is 0 Å². The van der Waals surface area contributed by atoms with Crippen molar-refractivity contribution in [1.29, 1.82) is 0 Å². The normalized spacial score (nSPS) is 10.3. The van der Waals surface area contributed by atoms with Gasteiger partial charge in [-0.25, -0.2) is 0 Å². The van der Waals surface area contributed by atoms with Gasteiger partial charge in [0.15, 0.2) is 11.6 Å². The summed E-state index contributed by atoms with van der Waals surface area (Å²) in [6.07, 6.45) is 1.49. The summed E-state index contributed by atoms with van der Waals surface area (Å²) in [5.74, 6) is 0.442. The molecule has 0 atom stereocenters. The molecule has 0 aliphatic rings. The minimum absolute atomic E-state index is 0.0507. The lowest BCUT2D eigenvalue weighted by Crippen LogP contribution is -2.05. The van der Waals surface area contributed by atoms with Gasteiger partial charge in [0.25, 0.3) is 0 Å². The van der Waals surface area contributed by atoms with Crippen LogP contribution in [0.4, 0.5) is 5.82 Å². The number of nitrogen functional groups attached to an aromatic ring is 1. The van der Waals surface area contributed by atoms with Crippen molar-refractivity contribution < 1.29 is 4.79 Å². The molecule has 82 valence electrons. The molecular formula is C11H12N4O. The van der Waals surface area contributed by atoms with Crippen LogP contribution in [0.5, 0.6) is 0 Å². The first-order valence-electron chi connectivity index (χ1n) is 4.90. The Morgan fingerprint density at radius 1 is 1.50 bits per heavy atom. The molecule has 16 heavy (non-hydrogen) atoms. The van der Waals surface area contributed by atoms with E-state index in [1.165, 1.54) is 11.0 Å². The predicted octanol–water partition coefficient (Wildman–Crippen LogP) is 1.11. The molecule has 2 aromatic rings. The largest absolute Gasteiger partial charge is 0.381 e. The van der Waals surface area contributed by atoms with Crippen molar-refractivity contribution in [3.05, 3.63) is 41.6 Å². The number of nitrogens with two attached hydrogens (primary N) is 1. The van der Waals surface area contributed by atoms with Gasteiger partial charge in [-0.15, -0.1) is 5.10 Å². The molecule has 0 saturated heterocycles. The lowest BCUT2D eigenvalue weighted by molar-refractivity contribution is 0.101. The highest BCUT2D eigenvalue weighted by Gasteiger charge is 2.02. The lowest BCUT2D eigenvalue weighted by atomic mass is 10.1. The first-order valence-corrected chi connectivity index (χ1v) is 4.90. The van der Waals surface area contributed by atoms with E-state index < -0.39 is 0 Å². The van der Waals surface area contributed by atoms with Crippen LogP contribution in [0.25, 0.3) is 0 Å². The average molecular weight is 216 g/mol. The fourth-order valence-corrected chi connectivity index (χ4v) is 1.44. The molecule has 5 nitrogen and oxygen atoms in total. The third-order valence-electron chi connectivity index (χ3n) is 2.21. The third kappa shape index (κ3) is 2.25. The first kappa shape index (κ1) is 10.4. The van der Waals surface area contributed by atoms with Gasteiger partial charge in [0.2, 0.25) is 0 Å². The van der Waals surface area contributed by atoms with Crippen molar-refractivity contribution in [3.63, 3.8) is 0 Å². The van der Waals surface area contributed by atoms with E-state index in [4.69, 9.17) is 5.73 Å². The van der Waals surface area contributed by atoms with Crippen LogP contribution in [0.3, 0.4) is 0 Å². The van der Waals surface area contributed by atoms with Gasteiger partial charge in [-0.3, -0.25) is 4.79 Å². The van der Waals surface area contributed by atoms with E-state index in [9.17, 15) is 4.79 Å². The van der Waals surface area contributed by atoms with Crippen molar-refractivity contribution in [1.82, 2.24) is 15.0 Å². The predicted molar refractivity (Wildman–Crippen MR) is 60.0 cm³/mol. The Kier molecular flexibility index (Phi) is 2.68. The number of carbonyl (C=O) groups excluding carboxylic acids is 1. The molecule has 0 radical (unpaired) electrons. The number of nitrogens with zero attached hydrogens (tertiary/aromatic N) is 3. The van der Waals surface area contributed by atoms with Crippen molar-refractivity contribution in [3.8, 4) is 0 Å². The quantitative estimate of drug-likeness (QED) is 0.780. The van der Waals surface area contributed by atoms with Gasteiger partial charge in [0.1, 0.15) is 0 Å². The molecule has 0 spiro atoms. The Morgan fingerprint density at radius 3 is 2.94 bits per heavy atom. The minimum Gasteiger partial charge on any atom is -0.381 e. The number of hydrogen-bond acceptors (Lipinski definition) is 4.